The van der Waals surface area contributed by atoms with E-state index in [1.54, 1.807) is 6.07 Å². The van der Waals surface area contributed by atoms with Gasteiger partial charge in [0.05, 0.1) is 6.54 Å². The summed E-state index contributed by atoms with van der Waals surface area (Å²) in [6.45, 7) is 4.45. The van der Waals surface area contributed by atoms with Crippen LogP contribution in [0.4, 0.5) is 8.78 Å². The lowest BCUT2D eigenvalue weighted by molar-refractivity contribution is 0.174. The molecule has 158 valence electrons. The largest absolute Gasteiger partial charge is 0.317 e. The molecule has 1 aliphatic carbocycles. The maximum absolute atomic E-state index is 13.4. The van der Waals surface area contributed by atoms with Gasteiger partial charge in [-0.15, -0.1) is 6.42 Å². The molecular formula is C25H29F2N3. The molecule has 1 saturated heterocycles. The van der Waals surface area contributed by atoms with Crippen molar-refractivity contribution in [1.82, 2.24) is 15.5 Å². The Morgan fingerprint density at radius 3 is 2.47 bits per heavy atom. The molecule has 30 heavy (non-hydrogen) atoms. The maximum Gasteiger partial charge on any atom is 0.159 e. The van der Waals surface area contributed by atoms with Gasteiger partial charge in [-0.3, -0.25) is 4.90 Å². The number of piperidine rings is 1. The highest BCUT2D eigenvalue weighted by atomic mass is 19.2. The summed E-state index contributed by atoms with van der Waals surface area (Å²) in [6, 6.07) is 13.8. The summed E-state index contributed by atoms with van der Waals surface area (Å²) in [7, 11) is 0. The van der Waals surface area contributed by atoms with Crippen LogP contribution in [0.3, 0.4) is 0 Å². The summed E-state index contributed by atoms with van der Waals surface area (Å²) in [4.78, 5) is 2.41. The van der Waals surface area contributed by atoms with Gasteiger partial charge in [-0.1, -0.05) is 36.3 Å². The van der Waals surface area contributed by atoms with E-state index in [0.717, 1.165) is 51.0 Å². The Bertz CT molecular complexity index is 884. The molecule has 2 atom stereocenters. The van der Waals surface area contributed by atoms with Crippen LogP contribution in [0, 0.1) is 24.0 Å². The van der Waals surface area contributed by atoms with Gasteiger partial charge >= 0.3 is 0 Å². The van der Waals surface area contributed by atoms with Crippen LogP contribution in [0.2, 0.25) is 0 Å². The number of terminal acetylenes is 1. The number of halogens is 2. The first kappa shape index (κ1) is 21.0. The van der Waals surface area contributed by atoms with E-state index >= 15 is 0 Å². The normalized spacial score (nSPS) is 21.5. The average molecular weight is 410 g/mol. The van der Waals surface area contributed by atoms with E-state index in [0.29, 0.717) is 18.6 Å². The van der Waals surface area contributed by atoms with Crippen LogP contribution in [-0.4, -0.2) is 36.6 Å². The molecule has 2 fully saturated rings. The average Bonchev–Trinajstić information content (AvgIpc) is 3.55. The van der Waals surface area contributed by atoms with Gasteiger partial charge < -0.3 is 10.6 Å². The first-order valence-electron chi connectivity index (χ1n) is 10.8. The molecule has 1 aliphatic heterocycles. The Morgan fingerprint density at radius 1 is 1.03 bits per heavy atom. The lowest BCUT2D eigenvalue weighted by Crippen LogP contribution is -2.42. The van der Waals surface area contributed by atoms with Crippen molar-refractivity contribution in [1.29, 1.82) is 0 Å². The van der Waals surface area contributed by atoms with Crippen molar-refractivity contribution in [3.8, 4) is 12.3 Å². The van der Waals surface area contributed by atoms with Gasteiger partial charge in [-0.25, -0.2) is 8.78 Å². The summed E-state index contributed by atoms with van der Waals surface area (Å²) in [5, 5.41) is 6.94. The van der Waals surface area contributed by atoms with Crippen LogP contribution in [0.15, 0.2) is 42.5 Å². The second-order valence-corrected chi connectivity index (χ2v) is 8.41. The van der Waals surface area contributed by atoms with Crippen LogP contribution in [-0.2, 0) is 13.1 Å². The third kappa shape index (κ3) is 5.26. The third-order valence-corrected chi connectivity index (χ3v) is 6.26. The molecule has 0 radical (unpaired) electrons. The number of nitrogens with zero attached hydrogens (tertiary/aromatic N) is 1. The van der Waals surface area contributed by atoms with Gasteiger partial charge in [0.15, 0.2) is 11.6 Å². The zero-order valence-corrected chi connectivity index (χ0v) is 17.2. The van der Waals surface area contributed by atoms with Crippen LogP contribution in [0.25, 0.3) is 0 Å². The van der Waals surface area contributed by atoms with Crippen molar-refractivity contribution in [2.75, 3.05) is 19.6 Å². The lowest BCUT2D eigenvalue weighted by Gasteiger charge is -2.33. The molecule has 4 rings (SSSR count). The van der Waals surface area contributed by atoms with Gasteiger partial charge in [0.1, 0.15) is 0 Å². The molecule has 3 nitrogen and oxygen atoms in total. The summed E-state index contributed by atoms with van der Waals surface area (Å²) >= 11 is 0. The van der Waals surface area contributed by atoms with E-state index in [2.05, 4.69) is 45.7 Å². The quantitative estimate of drug-likeness (QED) is 0.650. The van der Waals surface area contributed by atoms with Crippen LogP contribution in [0.5, 0.6) is 0 Å². The van der Waals surface area contributed by atoms with Crippen molar-refractivity contribution in [3.05, 3.63) is 70.8 Å². The number of hydrogen-bond acceptors (Lipinski definition) is 3. The van der Waals surface area contributed by atoms with Gasteiger partial charge in [0, 0.05) is 31.1 Å². The van der Waals surface area contributed by atoms with Crippen molar-refractivity contribution >= 4 is 0 Å². The second-order valence-electron chi connectivity index (χ2n) is 8.41. The molecule has 0 bridgehead atoms. The van der Waals surface area contributed by atoms with Crippen molar-refractivity contribution in [2.24, 2.45) is 0 Å². The maximum atomic E-state index is 13.4. The summed E-state index contributed by atoms with van der Waals surface area (Å²) in [5.41, 5.74) is 3.37. The highest BCUT2D eigenvalue weighted by molar-refractivity contribution is 5.29. The number of nitrogens with one attached hydrogen (secondary N) is 2. The van der Waals surface area contributed by atoms with E-state index in [1.807, 2.05) is 0 Å². The Balaban J connectivity index is 1.27. The Kier molecular flexibility index (Phi) is 6.79. The first-order chi connectivity index (χ1) is 14.6. The first-order valence-corrected chi connectivity index (χ1v) is 10.8. The van der Waals surface area contributed by atoms with E-state index in [9.17, 15) is 8.78 Å². The minimum atomic E-state index is -0.787. The smallest absolute Gasteiger partial charge is 0.159 e. The molecule has 0 amide bonds. The predicted molar refractivity (Wildman–Crippen MR) is 116 cm³/mol. The number of hydrogen-bond donors (Lipinski definition) is 2. The second kappa shape index (κ2) is 9.70. The Morgan fingerprint density at radius 2 is 1.77 bits per heavy atom. The van der Waals surface area contributed by atoms with Crippen LogP contribution < -0.4 is 10.6 Å². The van der Waals surface area contributed by atoms with E-state index in [1.165, 1.54) is 23.3 Å². The van der Waals surface area contributed by atoms with Gasteiger partial charge in [0.25, 0.3) is 0 Å². The molecule has 2 aliphatic rings. The summed E-state index contributed by atoms with van der Waals surface area (Å²) in [6.07, 6.45) is 8.85. The zero-order chi connectivity index (χ0) is 20.9. The fourth-order valence-electron chi connectivity index (χ4n) is 4.38. The molecule has 2 N–H and O–H groups in total. The number of benzene rings is 2. The summed E-state index contributed by atoms with van der Waals surface area (Å²) in [5.74, 6) is 1.52. The minimum Gasteiger partial charge on any atom is -0.317 e. The van der Waals surface area contributed by atoms with Crippen molar-refractivity contribution < 1.29 is 8.78 Å². The monoisotopic (exact) mass is 409 g/mol. The predicted octanol–water partition coefficient (Wildman–Crippen LogP) is 3.80. The molecule has 1 saturated carbocycles. The Labute approximate surface area is 177 Å². The topological polar surface area (TPSA) is 27.3 Å². The highest BCUT2D eigenvalue weighted by Crippen LogP contribution is 2.41. The standard InChI is InChI=1S/C25H29F2N3/c1-2-13-30(21-9-11-28-12-10-21)17-19-5-3-18(4-6-19)16-29-25-15-22(25)20-7-8-23(26)24(27)14-20/h1,3-8,14,21-22,25,28-29H,9-13,15-17H2/t22-,25+/m0/s1. The van der Waals surface area contributed by atoms with E-state index in [4.69, 9.17) is 6.42 Å². The molecular weight excluding hydrogens is 380 g/mol. The van der Waals surface area contributed by atoms with E-state index < -0.39 is 11.6 Å². The number of rotatable bonds is 8. The van der Waals surface area contributed by atoms with Crippen molar-refractivity contribution in [2.45, 2.75) is 50.4 Å². The van der Waals surface area contributed by atoms with Crippen LogP contribution in [0.1, 0.15) is 41.9 Å². The van der Waals surface area contributed by atoms with Crippen LogP contribution >= 0.6 is 0 Å². The molecule has 2 aromatic rings. The molecule has 2 aromatic carbocycles. The van der Waals surface area contributed by atoms with Gasteiger partial charge in [0.2, 0.25) is 0 Å². The van der Waals surface area contributed by atoms with Gasteiger partial charge in [-0.05, 0) is 61.2 Å². The third-order valence-electron chi connectivity index (χ3n) is 6.26. The van der Waals surface area contributed by atoms with E-state index in [-0.39, 0.29) is 5.92 Å². The van der Waals surface area contributed by atoms with Crippen molar-refractivity contribution in [3.63, 3.8) is 0 Å². The highest BCUT2D eigenvalue weighted by Gasteiger charge is 2.38. The Hall–Kier alpha value is -2.26. The molecule has 0 spiro atoms. The summed E-state index contributed by atoms with van der Waals surface area (Å²) < 4.78 is 26.5. The fourth-order valence-corrected chi connectivity index (χ4v) is 4.38. The zero-order valence-electron chi connectivity index (χ0n) is 17.2. The minimum absolute atomic E-state index is 0.265. The molecule has 0 aromatic heterocycles. The molecule has 5 heteroatoms. The fraction of sp³-hybridized carbons (Fsp3) is 0.440. The molecule has 1 heterocycles. The van der Waals surface area contributed by atoms with Gasteiger partial charge in [-0.2, -0.15) is 0 Å². The molecule has 0 unspecified atom stereocenters. The lowest BCUT2D eigenvalue weighted by atomic mass is 10.0. The SMILES string of the molecule is C#CCN(Cc1ccc(CN[C@@H]2C[C@H]2c2ccc(F)c(F)c2)cc1)C1CCNCC1.